The van der Waals surface area contributed by atoms with E-state index < -0.39 is 10.0 Å². The molecule has 2 unspecified atom stereocenters. The number of carbonyl (C=O) groups excluding carboxylic acids is 1. The van der Waals surface area contributed by atoms with E-state index in [9.17, 15) is 13.2 Å². The molecule has 2 aliphatic rings. The Morgan fingerprint density at radius 3 is 2.30 bits per heavy atom. The molecular weight excluding hydrogens is 360 g/mol. The van der Waals surface area contributed by atoms with Gasteiger partial charge < -0.3 is 4.90 Å². The average Bonchev–Trinajstić information content (AvgIpc) is 3.46. The first-order valence-electron chi connectivity index (χ1n) is 9.34. The first-order valence-corrected chi connectivity index (χ1v) is 11.2. The topological polar surface area (TPSA) is 57.7 Å². The van der Waals surface area contributed by atoms with Crippen molar-refractivity contribution in [1.82, 2.24) is 0 Å². The molecule has 1 fully saturated rings. The van der Waals surface area contributed by atoms with E-state index >= 15 is 0 Å². The minimum atomic E-state index is -3.50. The second kappa shape index (κ2) is 6.68. The summed E-state index contributed by atoms with van der Waals surface area (Å²) >= 11 is 0. The summed E-state index contributed by atoms with van der Waals surface area (Å²) in [7, 11) is -3.50. The summed E-state index contributed by atoms with van der Waals surface area (Å²) in [5, 5.41) is 0. The summed E-state index contributed by atoms with van der Waals surface area (Å²) in [5.41, 5.74) is 2.37. The number of sulfonamides is 1. The number of para-hydroxylation sites is 2. The summed E-state index contributed by atoms with van der Waals surface area (Å²) in [4.78, 5) is 14.8. The Morgan fingerprint density at radius 1 is 1.04 bits per heavy atom. The number of amides is 1. The molecule has 0 radical (unpaired) electrons. The highest BCUT2D eigenvalue weighted by molar-refractivity contribution is 7.92. The van der Waals surface area contributed by atoms with Crippen molar-refractivity contribution in [2.45, 2.75) is 38.3 Å². The SMILES string of the molecule is CC1CC(N(c2ccccc2)S(C)(=O)=O)c2ccccc2N1C(=O)C1CC1. The van der Waals surface area contributed by atoms with Crippen LogP contribution in [-0.2, 0) is 14.8 Å². The van der Waals surface area contributed by atoms with Gasteiger partial charge in [0.1, 0.15) is 0 Å². The Labute approximate surface area is 160 Å². The van der Waals surface area contributed by atoms with Crippen molar-refractivity contribution in [1.29, 1.82) is 0 Å². The van der Waals surface area contributed by atoms with Gasteiger partial charge in [0.25, 0.3) is 0 Å². The van der Waals surface area contributed by atoms with Crippen molar-refractivity contribution in [3.05, 3.63) is 60.2 Å². The van der Waals surface area contributed by atoms with Crippen molar-refractivity contribution < 1.29 is 13.2 Å². The second-order valence-corrected chi connectivity index (χ2v) is 9.40. The lowest BCUT2D eigenvalue weighted by Gasteiger charge is -2.43. The minimum Gasteiger partial charge on any atom is -0.309 e. The van der Waals surface area contributed by atoms with Crippen molar-refractivity contribution in [3.63, 3.8) is 0 Å². The fourth-order valence-corrected chi connectivity index (χ4v) is 5.21. The third kappa shape index (κ3) is 3.34. The van der Waals surface area contributed by atoms with Crippen molar-refractivity contribution >= 4 is 27.3 Å². The molecule has 0 bridgehead atoms. The van der Waals surface area contributed by atoms with Gasteiger partial charge in [0.2, 0.25) is 15.9 Å². The predicted molar refractivity (Wildman–Crippen MR) is 107 cm³/mol. The number of carbonyl (C=O) groups is 1. The monoisotopic (exact) mass is 384 g/mol. The molecule has 0 saturated heterocycles. The maximum Gasteiger partial charge on any atom is 0.232 e. The molecule has 142 valence electrons. The Bertz CT molecular complexity index is 954. The largest absolute Gasteiger partial charge is 0.309 e. The van der Waals surface area contributed by atoms with E-state index in [-0.39, 0.29) is 23.9 Å². The Balaban J connectivity index is 1.82. The van der Waals surface area contributed by atoms with E-state index in [0.29, 0.717) is 12.1 Å². The molecular formula is C21H24N2O3S. The van der Waals surface area contributed by atoms with Crippen LogP contribution in [0.4, 0.5) is 11.4 Å². The Morgan fingerprint density at radius 2 is 1.67 bits per heavy atom. The van der Waals surface area contributed by atoms with Crippen LogP contribution in [-0.4, -0.2) is 26.6 Å². The molecule has 1 heterocycles. The molecule has 2 aromatic carbocycles. The van der Waals surface area contributed by atoms with Crippen molar-refractivity contribution in [3.8, 4) is 0 Å². The van der Waals surface area contributed by atoms with Crippen molar-refractivity contribution in [2.24, 2.45) is 5.92 Å². The molecule has 27 heavy (non-hydrogen) atoms. The van der Waals surface area contributed by atoms with Gasteiger partial charge >= 0.3 is 0 Å². The number of nitrogens with zero attached hydrogens (tertiary/aromatic N) is 2. The molecule has 0 spiro atoms. The van der Waals surface area contributed by atoms with Gasteiger partial charge in [-0.15, -0.1) is 0 Å². The zero-order chi connectivity index (χ0) is 19.2. The van der Waals surface area contributed by atoms with Crippen LogP contribution >= 0.6 is 0 Å². The third-order valence-electron chi connectivity index (χ3n) is 5.38. The van der Waals surface area contributed by atoms with Crippen LogP contribution in [0.25, 0.3) is 0 Å². The van der Waals surface area contributed by atoms with Crippen LogP contribution in [0.2, 0.25) is 0 Å². The van der Waals surface area contributed by atoms with E-state index in [1.165, 1.54) is 10.6 Å². The molecule has 1 aliphatic heterocycles. The van der Waals surface area contributed by atoms with Crippen LogP contribution < -0.4 is 9.21 Å². The number of rotatable bonds is 4. The zero-order valence-corrected chi connectivity index (χ0v) is 16.4. The van der Waals surface area contributed by atoms with Gasteiger partial charge in [-0.3, -0.25) is 9.10 Å². The predicted octanol–water partition coefficient (Wildman–Crippen LogP) is 3.73. The standard InChI is InChI=1S/C21H24N2O3S/c1-15-14-20(23(27(2,25)26)17-8-4-3-5-9-17)18-10-6-7-11-19(18)22(15)21(24)16-12-13-16/h3-11,15-16,20H,12-14H2,1-2H3. The molecule has 6 heteroatoms. The van der Waals surface area contributed by atoms with Crippen LogP contribution in [0, 0.1) is 5.92 Å². The molecule has 0 aromatic heterocycles. The first-order chi connectivity index (χ1) is 12.9. The summed E-state index contributed by atoms with van der Waals surface area (Å²) in [6, 6.07) is 16.5. The lowest BCUT2D eigenvalue weighted by molar-refractivity contribution is -0.120. The molecule has 0 N–H and O–H groups in total. The van der Waals surface area contributed by atoms with Gasteiger partial charge in [-0.2, -0.15) is 0 Å². The molecule has 2 aromatic rings. The van der Waals surface area contributed by atoms with Gasteiger partial charge in [0.15, 0.2) is 0 Å². The third-order valence-corrected chi connectivity index (χ3v) is 6.56. The summed E-state index contributed by atoms with van der Waals surface area (Å²) in [5.74, 6) is 0.288. The second-order valence-electron chi connectivity index (χ2n) is 7.54. The van der Waals surface area contributed by atoms with Gasteiger partial charge in [-0.05, 0) is 49.9 Å². The molecule has 1 saturated carbocycles. The molecule has 1 amide bonds. The van der Waals surface area contributed by atoms with Crippen molar-refractivity contribution in [2.75, 3.05) is 15.5 Å². The molecule has 4 rings (SSSR count). The number of benzene rings is 2. The lowest BCUT2D eigenvalue weighted by Crippen LogP contribution is -2.48. The van der Waals surface area contributed by atoms with Gasteiger partial charge in [0.05, 0.1) is 18.0 Å². The fourth-order valence-electron chi connectivity index (χ4n) is 4.04. The van der Waals surface area contributed by atoms with Crippen LogP contribution in [0.15, 0.2) is 54.6 Å². The highest BCUT2D eigenvalue weighted by Gasteiger charge is 2.42. The maximum absolute atomic E-state index is 12.9. The maximum atomic E-state index is 12.9. The van der Waals surface area contributed by atoms with Gasteiger partial charge in [0, 0.05) is 17.6 Å². The van der Waals surface area contributed by atoms with Crippen LogP contribution in [0.3, 0.4) is 0 Å². The van der Waals surface area contributed by atoms with E-state index in [0.717, 1.165) is 24.1 Å². The number of anilines is 2. The summed E-state index contributed by atoms with van der Waals surface area (Å²) in [6.45, 7) is 2.01. The quantitative estimate of drug-likeness (QED) is 0.807. The summed E-state index contributed by atoms with van der Waals surface area (Å²) in [6.07, 6.45) is 3.71. The number of hydrogen-bond acceptors (Lipinski definition) is 3. The van der Waals surface area contributed by atoms with Crippen LogP contribution in [0.1, 0.15) is 37.8 Å². The first kappa shape index (κ1) is 18.0. The lowest BCUT2D eigenvalue weighted by atomic mass is 9.91. The molecule has 1 aliphatic carbocycles. The Hall–Kier alpha value is -2.34. The van der Waals surface area contributed by atoms with E-state index in [1.807, 2.05) is 66.4 Å². The highest BCUT2D eigenvalue weighted by Crippen LogP contribution is 2.45. The van der Waals surface area contributed by atoms with Gasteiger partial charge in [-0.25, -0.2) is 8.42 Å². The molecule has 2 atom stereocenters. The zero-order valence-electron chi connectivity index (χ0n) is 15.6. The average molecular weight is 385 g/mol. The van der Waals surface area contributed by atoms with E-state index in [2.05, 4.69) is 0 Å². The highest BCUT2D eigenvalue weighted by atomic mass is 32.2. The molecule has 5 nitrogen and oxygen atoms in total. The summed E-state index contributed by atoms with van der Waals surface area (Å²) < 4.78 is 27.0. The van der Waals surface area contributed by atoms with Crippen LogP contribution in [0.5, 0.6) is 0 Å². The van der Waals surface area contributed by atoms with E-state index in [1.54, 1.807) is 0 Å². The van der Waals surface area contributed by atoms with E-state index in [4.69, 9.17) is 0 Å². The fraction of sp³-hybridized carbons (Fsp3) is 0.381. The number of fused-ring (bicyclic) bond motifs is 1. The normalized spacial score (nSPS) is 22.2. The minimum absolute atomic E-state index is 0.0639. The Kier molecular flexibility index (Phi) is 4.46. The van der Waals surface area contributed by atoms with Gasteiger partial charge in [-0.1, -0.05) is 36.4 Å². The number of hydrogen-bond donors (Lipinski definition) is 0. The smallest absolute Gasteiger partial charge is 0.232 e.